The van der Waals surface area contributed by atoms with Gasteiger partial charge in [-0.3, -0.25) is 4.79 Å². The molecule has 0 aliphatic carbocycles. The molecule has 5 nitrogen and oxygen atoms in total. The summed E-state index contributed by atoms with van der Waals surface area (Å²) in [6.45, 7) is 3.96. The molecule has 0 unspecified atom stereocenters. The average Bonchev–Trinajstić information content (AvgIpc) is 2.64. The summed E-state index contributed by atoms with van der Waals surface area (Å²) in [6, 6.07) is 11.9. The van der Waals surface area contributed by atoms with Crippen LogP contribution in [0.2, 0.25) is 10.0 Å². The normalized spacial score (nSPS) is 11.9. The Hall–Kier alpha value is -2.50. The van der Waals surface area contributed by atoms with Crippen molar-refractivity contribution in [3.63, 3.8) is 0 Å². The van der Waals surface area contributed by atoms with Crippen molar-refractivity contribution < 1.29 is 19.1 Å². The van der Waals surface area contributed by atoms with Crippen LogP contribution in [0.25, 0.3) is 6.08 Å². The van der Waals surface area contributed by atoms with Crippen LogP contribution < -0.4 is 10.1 Å². The molecule has 0 saturated carbocycles. The van der Waals surface area contributed by atoms with E-state index in [1.165, 1.54) is 19.1 Å². The zero-order chi connectivity index (χ0) is 19.8. The maximum absolute atomic E-state index is 12.2. The van der Waals surface area contributed by atoms with Gasteiger partial charge in [0, 0.05) is 11.1 Å². The van der Waals surface area contributed by atoms with Crippen LogP contribution in [0, 0.1) is 0 Å². The number of anilines is 1. The van der Waals surface area contributed by atoms with Gasteiger partial charge in [0.15, 0.2) is 6.10 Å². The molecule has 142 valence electrons. The lowest BCUT2D eigenvalue weighted by Crippen LogP contribution is -2.29. The maximum atomic E-state index is 12.2. The summed E-state index contributed by atoms with van der Waals surface area (Å²) in [5.74, 6) is -0.395. The summed E-state index contributed by atoms with van der Waals surface area (Å²) in [5, 5.41) is 3.34. The van der Waals surface area contributed by atoms with Gasteiger partial charge in [0.05, 0.1) is 17.3 Å². The highest BCUT2D eigenvalue weighted by molar-refractivity contribution is 6.35. The lowest BCUT2D eigenvalue weighted by Gasteiger charge is -2.13. The fraction of sp³-hybridized carbons (Fsp3) is 0.200. The van der Waals surface area contributed by atoms with E-state index in [0.29, 0.717) is 22.3 Å². The Balaban J connectivity index is 1.90. The fourth-order valence-corrected chi connectivity index (χ4v) is 2.44. The van der Waals surface area contributed by atoms with Gasteiger partial charge in [0.25, 0.3) is 5.91 Å². The van der Waals surface area contributed by atoms with E-state index in [9.17, 15) is 9.59 Å². The molecule has 27 heavy (non-hydrogen) atoms. The van der Waals surface area contributed by atoms with Gasteiger partial charge < -0.3 is 14.8 Å². The zero-order valence-corrected chi connectivity index (χ0v) is 16.4. The molecule has 0 saturated heterocycles. The Kier molecular flexibility index (Phi) is 7.70. The summed E-state index contributed by atoms with van der Waals surface area (Å²) >= 11 is 11.9. The minimum absolute atomic E-state index is 0.335. The number of esters is 1. The number of halogens is 2. The van der Waals surface area contributed by atoms with E-state index in [1.54, 1.807) is 30.3 Å². The van der Waals surface area contributed by atoms with Crippen molar-refractivity contribution in [1.29, 1.82) is 0 Å². The molecule has 0 radical (unpaired) electrons. The molecule has 0 aliphatic rings. The van der Waals surface area contributed by atoms with Crippen molar-refractivity contribution in [1.82, 2.24) is 0 Å². The van der Waals surface area contributed by atoms with E-state index in [2.05, 4.69) is 5.32 Å². The van der Waals surface area contributed by atoms with Crippen molar-refractivity contribution in [3.8, 4) is 5.75 Å². The second-order valence-corrected chi connectivity index (χ2v) is 6.37. The Morgan fingerprint density at radius 1 is 1.15 bits per heavy atom. The fourth-order valence-electron chi connectivity index (χ4n) is 2.10. The Morgan fingerprint density at radius 3 is 2.52 bits per heavy atom. The summed E-state index contributed by atoms with van der Waals surface area (Å²) in [6.07, 6.45) is 1.85. The van der Waals surface area contributed by atoms with Crippen molar-refractivity contribution in [3.05, 3.63) is 64.1 Å². The maximum Gasteiger partial charge on any atom is 0.331 e. The highest BCUT2D eigenvalue weighted by Crippen LogP contribution is 2.25. The van der Waals surface area contributed by atoms with Crippen LogP contribution in [-0.4, -0.2) is 24.6 Å². The van der Waals surface area contributed by atoms with Crippen molar-refractivity contribution in [2.75, 3.05) is 11.9 Å². The Labute approximate surface area is 167 Å². The van der Waals surface area contributed by atoms with Crippen molar-refractivity contribution >= 4 is 46.8 Å². The van der Waals surface area contributed by atoms with E-state index in [1.807, 2.05) is 19.1 Å². The Morgan fingerprint density at radius 2 is 1.85 bits per heavy atom. The standard InChI is InChI=1S/C20H19Cl2NO4/c1-3-26-16-8-4-14(5-9-16)6-11-19(24)27-13(2)20(25)23-18-12-15(21)7-10-17(18)22/h4-13H,3H2,1-2H3,(H,23,25)/b11-6+/t13-/m1/s1. The molecule has 0 fully saturated rings. The lowest BCUT2D eigenvalue weighted by molar-refractivity contribution is -0.148. The Bertz CT molecular complexity index is 834. The van der Waals surface area contributed by atoms with Crippen LogP contribution in [-0.2, 0) is 14.3 Å². The molecule has 2 rings (SSSR count). The second kappa shape index (κ2) is 10.00. The molecule has 7 heteroatoms. The number of ether oxygens (including phenoxy) is 2. The quantitative estimate of drug-likeness (QED) is 0.519. The number of benzene rings is 2. The largest absolute Gasteiger partial charge is 0.494 e. The number of amides is 1. The van der Waals surface area contributed by atoms with Crippen LogP contribution in [0.5, 0.6) is 5.75 Å². The second-order valence-electron chi connectivity index (χ2n) is 5.53. The summed E-state index contributed by atoms with van der Waals surface area (Å²) < 4.78 is 10.5. The number of hydrogen-bond donors (Lipinski definition) is 1. The van der Waals surface area contributed by atoms with Crippen LogP contribution >= 0.6 is 23.2 Å². The molecule has 0 heterocycles. The third kappa shape index (κ3) is 6.62. The van der Waals surface area contributed by atoms with Crippen LogP contribution in [0.4, 0.5) is 5.69 Å². The van der Waals surface area contributed by atoms with E-state index in [4.69, 9.17) is 32.7 Å². The first-order chi connectivity index (χ1) is 12.9. The highest BCUT2D eigenvalue weighted by atomic mass is 35.5. The minimum Gasteiger partial charge on any atom is -0.494 e. The molecule has 1 atom stereocenters. The van der Waals surface area contributed by atoms with Gasteiger partial charge in [-0.15, -0.1) is 0 Å². The van der Waals surface area contributed by atoms with Crippen molar-refractivity contribution in [2.45, 2.75) is 20.0 Å². The van der Waals surface area contributed by atoms with Gasteiger partial charge >= 0.3 is 5.97 Å². The van der Waals surface area contributed by atoms with E-state index in [-0.39, 0.29) is 0 Å². The molecule has 2 aromatic rings. The zero-order valence-electron chi connectivity index (χ0n) is 14.9. The monoisotopic (exact) mass is 407 g/mol. The summed E-state index contributed by atoms with van der Waals surface area (Å²) in [7, 11) is 0. The number of carbonyl (C=O) groups excluding carboxylic acids is 2. The van der Waals surface area contributed by atoms with E-state index < -0.39 is 18.0 Å². The molecule has 1 amide bonds. The lowest BCUT2D eigenvalue weighted by atomic mass is 10.2. The first-order valence-electron chi connectivity index (χ1n) is 8.26. The third-order valence-electron chi connectivity index (χ3n) is 3.45. The van der Waals surface area contributed by atoms with Gasteiger partial charge in [-0.25, -0.2) is 4.79 Å². The predicted molar refractivity (Wildman–Crippen MR) is 107 cm³/mol. The molecule has 2 aromatic carbocycles. The first-order valence-corrected chi connectivity index (χ1v) is 9.02. The molecule has 0 spiro atoms. The summed E-state index contributed by atoms with van der Waals surface area (Å²) in [5.41, 5.74) is 1.15. The van der Waals surface area contributed by atoms with Crippen LogP contribution in [0.3, 0.4) is 0 Å². The number of rotatable bonds is 7. The van der Waals surface area contributed by atoms with Crippen LogP contribution in [0.15, 0.2) is 48.5 Å². The molecule has 0 aliphatic heterocycles. The SMILES string of the molecule is CCOc1ccc(/C=C/C(=O)O[C@H](C)C(=O)Nc2cc(Cl)ccc2Cl)cc1. The molecular weight excluding hydrogens is 389 g/mol. The van der Waals surface area contributed by atoms with Gasteiger partial charge in [-0.2, -0.15) is 0 Å². The number of nitrogens with one attached hydrogen (secondary N) is 1. The molecule has 1 N–H and O–H groups in total. The topological polar surface area (TPSA) is 64.6 Å². The smallest absolute Gasteiger partial charge is 0.331 e. The first kappa shape index (κ1) is 20.8. The van der Waals surface area contributed by atoms with Gasteiger partial charge in [0.2, 0.25) is 0 Å². The van der Waals surface area contributed by atoms with Gasteiger partial charge in [-0.05, 0) is 55.8 Å². The van der Waals surface area contributed by atoms with E-state index >= 15 is 0 Å². The molecule has 0 bridgehead atoms. The predicted octanol–water partition coefficient (Wildman–Crippen LogP) is 4.98. The van der Waals surface area contributed by atoms with Crippen molar-refractivity contribution in [2.24, 2.45) is 0 Å². The minimum atomic E-state index is -1.00. The average molecular weight is 408 g/mol. The molecule has 0 aromatic heterocycles. The third-order valence-corrected chi connectivity index (χ3v) is 4.02. The highest BCUT2D eigenvalue weighted by Gasteiger charge is 2.17. The molecular formula is C20H19Cl2NO4. The number of carbonyl (C=O) groups is 2. The number of hydrogen-bond acceptors (Lipinski definition) is 4. The van der Waals surface area contributed by atoms with Gasteiger partial charge in [-0.1, -0.05) is 35.3 Å². The van der Waals surface area contributed by atoms with E-state index in [0.717, 1.165) is 11.3 Å². The summed E-state index contributed by atoms with van der Waals surface area (Å²) in [4.78, 5) is 24.1. The van der Waals surface area contributed by atoms with Gasteiger partial charge in [0.1, 0.15) is 5.75 Å². The van der Waals surface area contributed by atoms with Crippen LogP contribution in [0.1, 0.15) is 19.4 Å².